The Morgan fingerprint density at radius 1 is 1.47 bits per heavy atom. The fourth-order valence-corrected chi connectivity index (χ4v) is 3.22. The van der Waals surface area contributed by atoms with Gasteiger partial charge in [0.15, 0.2) is 0 Å². The largest absolute Gasteiger partial charge is 0.295 e. The molecule has 0 bridgehead atoms. The van der Waals surface area contributed by atoms with E-state index in [0.717, 1.165) is 19.4 Å². The summed E-state index contributed by atoms with van der Waals surface area (Å²) in [6.07, 6.45) is 6.05. The predicted octanol–water partition coefficient (Wildman–Crippen LogP) is 3.35. The smallest absolute Gasteiger partial charge is 0.0625 e. The van der Waals surface area contributed by atoms with Gasteiger partial charge in [-0.25, -0.2) is 0 Å². The predicted molar refractivity (Wildman–Crippen MR) is 80.6 cm³/mol. The molecule has 1 aliphatic heterocycles. The van der Waals surface area contributed by atoms with E-state index in [2.05, 4.69) is 37.0 Å². The van der Waals surface area contributed by atoms with Gasteiger partial charge in [0, 0.05) is 25.0 Å². The zero-order chi connectivity index (χ0) is 13.8. The van der Waals surface area contributed by atoms with Crippen LogP contribution in [0.5, 0.6) is 0 Å². The van der Waals surface area contributed by atoms with Gasteiger partial charge < -0.3 is 0 Å². The van der Waals surface area contributed by atoms with E-state index < -0.39 is 0 Å². The molecule has 0 aromatic carbocycles. The number of aromatic nitrogens is 2. The lowest BCUT2D eigenvalue weighted by molar-refractivity contribution is 0.129. The Morgan fingerprint density at radius 3 is 2.89 bits per heavy atom. The van der Waals surface area contributed by atoms with Crippen LogP contribution in [0.1, 0.15) is 50.9 Å². The van der Waals surface area contributed by atoms with Gasteiger partial charge in [-0.2, -0.15) is 5.10 Å². The second-order valence-corrected chi connectivity index (χ2v) is 6.49. The van der Waals surface area contributed by atoms with Crippen LogP contribution >= 0.6 is 11.6 Å². The Morgan fingerprint density at radius 2 is 2.26 bits per heavy atom. The van der Waals surface area contributed by atoms with Crippen LogP contribution in [0.25, 0.3) is 0 Å². The number of rotatable bonds is 5. The first-order valence-electron chi connectivity index (χ1n) is 7.50. The molecule has 108 valence electrons. The molecule has 4 heteroatoms. The van der Waals surface area contributed by atoms with Crippen LogP contribution < -0.4 is 0 Å². The molecule has 2 rings (SSSR count). The van der Waals surface area contributed by atoms with Crippen molar-refractivity contribution in [3.8, 4) is 0 Å². The van der Waals surface area contributed by atoms with Crippen LogP contribution in [0, 0.1) is 0 Å². The van der Waals surface area contributed by atoms with Gasteiger partial charge in [0.2, 0.25) is 0 Å². The van der Waals surface area contributed by atoms with Gasteiger partial charge in [0.1, 0.15) is 0 Å². The average Bonchev–Trinajstić information content (AvgIpc) is 2.72. The zero-order valence-electron chi connectivity index (χ0n) is 12.4. The average molecular weight is 284 g/mol. The third-order valence-corrected chi connectivity index (χ3v) is 4.28. The van der Waals surface area contributed by atoms with Crippen LogP contribution in [-0.2, 0) is 20.0 Å². The summed E-state index contributed by atoms with van der Waals surface area (Å²) in [7, 11) is 2.05. The highest BCUT2D eigenvalue weighted by Crippen LogP contribution is 2.24. The molecule has 0 radical (unpaired) electrons. The molecule has 0 N–H and O–H groups in total. The van der Waals surface area contributed by atoms with Crippen molar-refractivity contribution >= 4 is 11.6 Å². The van der Waals surface area contributed by atoms with E-state index >= 15 is 0 Å². The summed E-state index contributed by atoms with van der Waals surface area (Å²) in [6, 6.07) is 2.89. The van der Waals surface area contributed by atoms with Crippen molar-refractivity contribution in [1.82, 2.24) is 14.7 Å². The van der Waals surface area contributed by atoms with Gasteiger partial charge in [0.25, 0.3) is 0 Å². The second-order valence-electron chi connectivity index (χ2n) is 5.74. The number of hydrogen-bond donors (Lipinski definition) is 0. The Balaban J connectivity index is 2.03. The monoisotopic (exact) mass is 283 g/mol. The molecule has 0 spiro atoms. The Hall–Kier alpha value is -0.540. The summed E-state index contributed by atoms with van der Waals surface area (Å²) in [5.41, 5.74) is 2.52. The molecule has 3 nitrogen and oxygen atoms in total. The van der Waals surface area contributed by atoms with E-state index in [1.165, 1.54) is 37.2 Å². The number of likely N-dealkylation sites (tertiary alicyclic amines) is 1. The molecule has 19 heavy (non-hydrogen) atoms. The Labute approximate surface area is 121 Å². The summed E-state index contributed by atoms with van der Waals surface area (Å²) in [6.45, 7) is 6.47. The lowest BCUT2D eigenvalue weighted by atomic mass is 9.98. The molecule has 2 unspecified atom stereocenters. The lowest BCUT2D eigenvalue weighted by Crippen LogP contribution is -2.40. The third kappa shape index (κ3) is 3.96. The highest BCUT2D eigenvalue weighted by atomic mass is 35.5. The maximum atomic E-state index is 6.19. The minimum Gasteiger partial charge on any atom is -0.295 e. The minimum absolute atomic E-state index is 0.267. The molecule has 2 atom stereocenters. The van der Waals surface area contributed by atoms with Crippen LogP contribution in [0.4, 0.5) is 0 Å². The van der Waals surface area contributed by atoms with E-state index in [9.17, 15) is 0 Å². The standard InChI is InChI=1S/C15H26ClN3/c1-4-13-10-15(18(3)17-13)11-19-8-6-5-7-14(19)9-12(2)16/h10,12,14H,4-9,11H2,1-3H3. The zero-order valence-corrected chi connectivity index (χ0v) is 13.2. The summed E-state index contributed by atoms with van der Waals surface area (Å²) < 4.78 is 2.04. The van der Waals surface area contributed by atoms with Crippen LogP contribution in [0.15, 0.2) is 6.07 Å². The summed E-state index contributed by atoms with van der Waals surface area (Å²) in [4.78, 5) is 2.60. The maximum absolute atomic E-state index is 6.19. The molecule has 1 saturated heterocycles. The molecule has 0 amide bonds. The Bertz CT molecular complexity index is 400. The molecule has 1 aliphatic rings. The topological polar surface area (TPSA) is 21.1 Å². The van der Waals surface area contributed by atoms with E-state index in [1.54, 1.807) is 0 Å². The van der Waals surface area contributed by atoms with Crippen molar-refractivity contribution in [3.05, 3.63) is 17.5 Å². The highest BCUT2D eigenvalue weighted by molar-refractivity contribution is 6.20. The highest BCUT2D eigenvalue weighted by Gasteiger charge is 2.24. The van der Waals surface area contributed by atoms with Crippen molar-refractivity contribution in [2.24, 2.45) is 7.05 Å². The molecule has 2 heterocycles. The van der Waals surface area contributed by atoms with Crippen molar-refractivity contribution in [2.45, 2.75) is 63.9 Å². The number of aryl methyl sites for hydroxylation is 2. The van der Waals surface area contributed by atoms with Crippen LogP contribution in [-0.4, -0.2) is 32.6 Å². The van der Waals surface area contributed by atoms with Crippen molar-refractivity contribution in [2.75, 3.05) is 6.54 Å². The normalized spacial score (nSPS) is 22.6. The number of alkyl halides is 1. The summed E-state index contributed by atoms with van der Waals surface area (Å²) in [5, 5.41) is 4.81. The summed E-state index contributed by atoms with van der Waals surface area (Å²) in [5.74, 6) is 0. The number of piperidine rings is 1. The molecule has 1 fully saturated rings. The molecular weight excluding hydrogens is 258 g/mol. The molecule has 0 aliphatic carbocycles. The first-order valence-corrected chi connectivity index (χ1v) is 7.93. The van der Waals surface area contributed by atoms with Gasteiger partial charge in [0.05, 0.1) is 11.4 Å². The Kier molecular flexibility index (Phi) is 5.28. The van der Waals surface area contributed by atoms with E-state index in [0.29, 0.717) is 6.04 Å². The lowest BCUT2D eigenvalue weighted by Gasteiger charge is -2.36. The van der Waals surface area contributed by atoms with Gasteiger partial charge in [-0.1, -0.05) is 13.3 Å². The quantitative estimate of drug-likeness (QED) is 0.773. The van der Waals surface area contributed by atoms with Crippen LogP contribution in [0.2, 0.25) is 0 Å². The van der Waals surface area contributed by atoms with Crippen molar-refractivity contribution in [1.29, 1.82) is 0 Å². The second kappa shape index (κ2) is 6.76. The third-order valence-electron chi connectivity index (χ3n) is 4.10. The van der Waals surface area contributed by atoms with Gasteiger partial charge >= 0.3 is 0 Å². The fraction of sp³-hybridized carbons (Fsp3) is 0.800. The maximum Gasteiger partial charge on any atom is 0.0625 e. The van der Waals surface area contributed by atoms with Gasteiger partial charge in [-0.15, -0.1) is 11.6 Å². The summed E-state index contributed by atoms with van der Waals surface area (Å²) >= 11 is 6.19. The minimum atomic E-state index is 0.267. The number of nitrogens with zero attached hydrogens (tertiary/aromatic N) is 3. The molecule has 1 aromatic heterocycles. The van der Waals surface area contributed by atoms with Crippen LogP contribution in [0.3, 0.4) is 0 Å². The SMILES string of the molecule is CCc1cc(CN2CCCCC2CC(C)Cl)n(C)n1. The van der Waals surface area contributed by atoms with Gasteiger partial charge in [-0.3, -0.25) is 9.58 Å². The first kappa shape index (κ1) is 14.9. The molecule has 1 aromatic rings. The first-order chi connectivity index (χ1) is 9.10. The van der Waals surface area contributed by atoms with Crippen molar-refractivity contribution in [3.63, 3.8) is 0 Å². The number of hydrogen-bond acceptors (Lipinski definition) is 2. The molecular formula is C15H26ClN3. The molecule has 0 saturated carbocycles. The van der Waals surface area contributed by atoms with Crippen molar-refractivity contribution < 1.29 is 0 Å². The van der Waals surface area contributed by atoms with Gasteiger partial charge in [-0.05, 0) is 45.2 Å². The number of halogens is 1. The van der Waals surface area contributed by atoms with E-state index in [-0.39, 0.29) is 5.38 Å². The fourth-order valence-electron chi connectivity index (χ4n) is 3.01. The van der Waals surface area contributed by atoms with E-state index in [4.69, 9.17) is 11.6 Å². The van der Waals surface area contributed by atoms with E-state index in [1.807, 2.05) is 4.68 Å².